The number of benzene rings is 1. The first kappa shape index (κ1) is 12.9. The summed E-state index contributed by atoms with van der Waals surface area (Å²) in [6, 6.07) is 12.3. The molecule has 0 fully saturated rings. The predicted molar refractivity (Wildman–Crippen MR) is 77.4 cm³/mol. The molecular formula is C14H14Cl2S. The Morgan fingerprint density at radius 3 is 2.41 bits per heavy atom. The molecule has 0 aliphatic carbocycles. The molecule has 1 aromatic heterocycles. The Hall–Kier alpha value is -0.500. The molecule has 0 nitrogen and oxygen atoms in total. The molecule has 1 aromatic carbocycles. The van der Waals surface area contributed by atoms with E-state index in [0.29, 0.717) is 5.92 Å². The number of thiophene rings is 1. The smallest absolute Gasteiger partial charge is 0.0761 e. The first-order valence-corrected chi connectivity index (χ1v) is 7.35. The summed E-state index contributed by atoms with van der Waals surface area (Å²) < 4.78 is 0. The number of rotatable bonds is 4. The molecule has 0 spiro atoms. The Kier molecular flexibility index (Phi) is 4.49. The fourth-order valence-electron chi connectivity index (χ4n) is 2.00. The van der Waals surface area contributed by atoms with Gasteiger partial charge in [0.2, 0.25) is 0 Å². The first-order valence-electron chi connectivity index (χ1n) is 5.66. The third-order valence-corrected chi connectivity index (χ3v) is 5.01. The fraction of sp³-hybridized carbons (Fsp3) is 0.286. The molecule has 2 unspecified atom stereocenters. The van der Waals surface area contributed by atoms with Crippen molar-refractivity contribution in [3.05, 3.63) is 57.2 Å². The predicted octanol–water partition coefficient (Wildman–Crippen LogP) is 5.88. The lowest BCUT2D eigenvalue weighted by Crippen LogP contribution is -2.04. The topological polar surface area (TPSA) is 0 Å². The summed E-state index contributed by atoms with van der Waals surface area (Å²) in [7, 11) is 0. The van der Waals surface area contributed by atoms with Gasteiger partial charge in [0.05, 0.1) is 10.4 Å². The first-order chi connectivity index (χ1) is 8.24. The van der Waals surface area contributed by atoms with Crippen LogP contribution in [-0.2, 0) is 0 Å². The molecule has 0 amide bonds. The van der Waals surface area contributed by atoms with Crippen LogP contribution < -0.4 is 0 Å². The van der Waals surface area contributed by atoms with Crippen LogP contribution in [0, 0.1) is 0 Å². The zero-order valence-electron chi connectivity index (χ0n) is 9.57. The van der Waals surface area contributed by atoms with E-state index in [4.69, 9.17) is 23.2 Å². The summed E-state index contributed by atoms with van der Waals surface area (Å²) in [5, 5.41) is 2.73. The van der Waals surface area contributed by atoms with Crippen LogP contribution >= 0.6 is 34.5 Å². The van der Waals surface area contributed by atoms with Crippen molar-refractivity contribution >= 4 is 34.5 Å². The third kappa shape index (κ3) is 2.85. The van der Waals surface area contributed by atoms with Crippen molar-refractivity contribution in [1.29, 1.82) is 0 Å². The summed E-state index contributed by atoms with van der Waals surface area (Å²) in [6.07, 6.45) is 1.01. The monoisotopic (exact) mass is 284 g/mol. The molecule has 0 bridgehead atoms. The van der Waals surface area contributed by atoms with Crippen molar-refractivity contribution in [2.75, 3.05) is 0 Å². The van der Waals surface area contributed by atoms with Crippen LogP contribution in [0.25, 0.3) is 0 Å². The molecule has 17 heavy (non-hydrogen) atoms. The van der Waals surface area contributed by atoms with Crippen LogP contribution in [-0.4, -0.2) is 0 Å². The van der Waals surface area contributed by atoms with Crippen molar-refractivity contribution in [2.45, 2.75) is 24.6 Å². The van der Waals surface area contributed by atoms with Crippen LogP contribution in [0.1, 0.15) is 35.1 Å². The number of alkyl halides is 1. The summed E-state index contributed by atoms with van der Waals surface area (Å²) in [5.74, 6) is 0.314. The Morgan fingerprint density at radius 2 is 1.88 bits per heavy atom. The minimum atomic E-state index is -0.0464. The van der Waals surface area contributed by atoms with Gasteiger partial charge in [-0.25, -0.2) is 0 Å². The zero-order valence-corrected chi connectivity index (χ0v) is 11.9. The van der Waals surface area contributed by atoms with Gasteiger partial charge in [0.15, 0.2) is 0 Å². The molecule has 2 aromatic rings. The van der Waals surface area contributed by atoms with Crippen LogP contribution in [0.5, 0.6) is 0 Å². The van der Waals surface area contributed by atoms with E-state index >= 15 is 0 Å². The van der Waals surface area contributed by atoms with Crippen molar-refractivity contribution in [3.8, 4) is 0 Å². The Balaban J connectivity index is 2.28. The summed E-state index contributed by atoms with van der Waals surface area (Å²) in [5.41, 5.74) is 1.28. The lowest BCUT2D eigenvalue weighted by molar-refractivity contribution is 0.647. The maximum Gasteiger partial charge on any atom is 0.0761 e. The molecule has 0 saturated heterocycles. The minimum absolute atomic E-state index is 0.0464. The summed E-state index contributed by atoms with van der Waals surface area (Å²) in [4.78, 5) is 1.07. The molecular weight excluding hydrogens is 271 g/mol. The van der Waals surface area contributed by atoms with Crippen molar-refractivity contribution in [2.24, 2.45) is 0 Å². The van der Waals surface area contributed by atoms with Gasteiger partial charge in [-0.15, -0.1) is 22.9 Å². The highest BCUT2D eigenvalue weighted by Gasteiger charge is 2.23. The molecule has 1 heterocycles. The van der Waals surface area contributed by atoms with Gasteiger partial charge in [0.25, 0.3) is 0 Å². The van der Waals surface area contributed by atoms with Gasteiger partial charge in [0, 0.05) is 10.8 Å². The molecule has 90 valence electrons. The molecule has 0 aliphatic rings. The molecule has 0 aliphatic heterocycles. The van der Waals surface area contributed by atoms with Gasteiger partial charge in [0.1, 0.15) is 0 Å². The van der Waals surface area contributed by atoms with E-state index in [1.165, 1.54) is 5.56 Å². The van der Waals surface area contributed by atoms with E-state index in [2.05, 4.69) is 31.2 Å². The van der Waals surface area contributed by atoms with E-state index in [0.717, 1.165) is 16.3 Å². The van der Waals surface area contributed by atoms with E-state index in [-0.39, 0.29) is 5.38 Å². The maximum atomic E-state index is 6.58. The lowest BCUT2D eigenvalue weighted by atomic mass is 9.92. The average molecular weight is 285 g/mol. The summed E-state index contributed by atoms with van der Waals surface area (Å²) >= 11 is 14.4. The molecule has 3 heteroatoms. The van der Waals surface area contributed by atoms with Crippen LogP contribution in [0.4, 0.5) is 0 Å². The Labute approximate surface area is 116 Å². The minimum Gasteiger partial charge on any atom is -0.146 e. The van der Waals surface area contributed by atoms with Gasteiger partial charge < -0.3 is 0 Å². The van der Waals surface area contributed by atoms with Gasteiger partial charge >= 0.3 is 0 Å². The molecule has 2 rings (SSSR count). The van der Waals surface area contributed by atoms with Crippen molar-refractivity contribution in [3.63, 3.8) is 0 Å². The molecule has 0 radical (unpaired) electrons. The van der Waals surface area contributed by atoms with Gasteiger partial charge in [-0.05, 0) is 23.4 Å². The van der Waals surface area contributed by atoms with E-state index in [1.54, 1.807) is 11.3 Å². The molecule has 2 atom stereocenters. The van der Waals surface area contributed by atoms with Gasteiger partial charge in [-0.1, -0.05) is 48.9 Å². The second-order valence-corrected chi connectivity index (χ2v) is 5.79. The normalized spacial score (nSPS) is 14.5. The SMILES string of the molecule is CCC(c1ccccc1)C(Cl)c1sccc1Cl. The average Bonchev–Trinajstić information content (AvgIpc) is 2.77. The van der Waals surface area contributed by atoms with E-state index in [1.807, 2.05) is 17.5 Å². The van der Waals surface area contributed by atoms with Crippen molar-refractivity contribution in [1.82, 2.24) is 0 Å². The standard InChI is InChI=1S/C14H14Cl2S/c1-2-11(10-6-4-3-5-7-10)13(16)14-12(15)8-9-17-14/h3-9,11,13H,2H2,1H3. The number of hydrogen-bond donors (Lipinski definition) is 0. The van der Waals surface area contributed by atoms with E-state index < -0.39 is 0 Å². The fourth-order valence-corrected chi connectivity index (χ4v) is 3.86. The third-order valence-electron chi connectivity index (χ3n) is 2.92. The number of halogens is 2. The lowest BCUT2D eigenvalue weighted by Gasteiger charge is -2.20. The largest absolute Gasteiger partial charge is 0.146 e. The van der Waals surface area contributed by atoms with Crippen molar-refractivity contribution < 1.29 is 0 Å². The molecule has 0 saturated carbocycles. The highest BCUT2D eigenvalue weighted by molar-refractivity contribution is 7.11. The maximum absolute atomic E-state index is 6.58. The van der Waals surface area contributed by atoms with E-state index in [9.17, 15) is 0 Å². The number of hydrogen-bond acceptors (Lipinski definition) is 1. The highest BCUT2D eigenvalue weighted by Crippen LogP contribution is 2.43. The zero-order chi connectivity index (χ0) is 12.3. The van der Waals surface area contributed by atoms with Crippen LogP contribution in [0.2, 0.25) is 5.02 Å². The Morgan fingerprint density at radius 1 is 1.18 bits per heavy atom. The van der Waals surface area contributed by atoms with Gasteiger partial charge in [-0.2, -0.15) is 0 Å². The van der Waals surface area contributed by atoms with Crippen LogP contribution in [0.15, 0.2) is 41.8 Å². The second kappa shape index (κ2) is 5.90. The quantitative estimate of drug-likeness (QED) is 0.616. The Bertz CT molecular complexity index is 464. The highest BCUT2D eigenvalue weighted by atomic mass is 35.5. The van der Waals surface area contributed by atoms with Crippen LogP contribution in [0.3, 0.4) is 0 Å². The second-order valence-electron chi connectivity index (χ2n) is 3.96. The molecule has 0 N–H and O–H groups in total. The summed E-state index contributed by atoms with van der Waals surface area (Å²) in [6.45, 7) is 2.16. The van der Waals surface area contributed by atoms with Gasteiger partial charge in [-0.3, -0.25) is 0 Å².